The van der Waals surface area contributed by atoms with Gasteiger partial charge in [-0.25, -0.2) is 19.9 Å². The zero-order chi connectivity index (χ0) is 37.0. The normalized spacial score (nSPS) is 15.9. The Balaban J connectivity index is 1.09. The summed E-state index contributed by atoms with van der Waals surface area (Å²) in [6.07, 6.45) is -0.352. The van der Waals surface area contributed by atoms with Crippen LogP contribution in [-0.4, -0.2) is 32.6 Å². The minimum absolute atomic E-state index is 0.204. The van der Waals surface area contributed by atoms with Crippen LogP contribution in [0.25, 0.3) is 65.5 Å². The van der Waals surface area contributed by atoms with Crippen LogP contribution < -0.4 is 4.74 Å². The molecular weight excluding hydrogens is 707 g/mol. The lowest BCUT2D eigenvalue weighted by Crippen LogP contribution is -2.34. The number of hydrogen-bond acceptors (Lipinski definition) is 7. The third-order valence-electron chi connectivity index (χ3n) is 10.5. The van der Waals surface area contributed by atoms with Gasteiger partial charge in [0.2, 0.25) is 0 Å². The standard InChI is InChI=1S/C49H31N5OS/c1-4-15-30(16-5-1)33-21-12-22-34(29-33)48-52-47(32-19-8-3-9-20-32)53-49(54-48)38-26-13-25-37-41-36(24-14-28-40(41)56-45(37)38)43-44-42(35-23-10-11-27-39(35)55-44)50-46(51-43)31-17-6-2-7-18-31/h1-29,42,44H. The van der Waals surface area contributed by atoms with E-state index in [-0.39, 0.29) is 12.1 Å². The predicted octanol–water partition coefficient (Wildman–Crippen LogP) is 11.7. The second kappa shape index (κ2) is 13.3. The van der Waals surface area contributed by atoms with Gasteiger partial charge in [0, 0.05) is 53.6 Å². The maximum absolute atomic E-state index is 6.68. The summed E-state index contributed by atoms with van der Waals surface area (Å²) in [7, 11) is 0. The van der Waals surface area contributed by atoms with E-state index in [1.807, 2.05) is 66.7 Å². The van der Waals surface area contributed by atoms with Crippen molar-refractivity contribution in [1.82, 2.24) is 15.0 Å². The molecule has 9 aromatic rings. The van der Waals surface area contributed by atoms with Crippen LogP contribution in [0.3, 0.4) is 0 Å². The van der Waals surface area contributed by atoms with Crippen LogP contribution in [0.4, 0.5) is 0 Å². The molecule has 0 N–H and O–H groups in total. The molecule has 0 bridgehead atoms. The summed E-state index contributed by atoms with van der Waals surface area (Å²) in [6, 6.07) is 60.1. The Bertz CT molecular complexity index is 3010. The lowest BCUT2D eigenvalue weighted by atomic mass is 9.92. The van der Waals surface area contributed by atoms with Gasteiger partial charge in [-0.2, -0.15) is 0 Å². The van der Waals surface area contributed by atoms with E-state index in [1.54, 1.807) is 11.3 Å². The predicted molar refractivity (Wildman–Crippen MR) is 228 cm³/mol. The smallest absolute Gasteiger partial charge is 0.168 e. The van der Waals surface area contributed by atoms with Crippen LogP contribution >= 0.6 is 11.3 Å². The number of hydrogen-bond donors (Lipinski definition) is 0. The van der Waals surface area contributed by atoms with Crippen molar-refractivity contribution in [3.05, 3.63) is 193 Å². The van der Waals surface area contributed by atoms with Crippen molar-refractivity contribution < 1.29 is 4.74 Å². The summed E-state index contributed by atoms with van der Waals surface area (Å²) in [5.74, 6) is 3.44. The van der Waals surface area contributed by atoms with Crippen molar-refractivity contribution in [3.63, 3.8) is 0 Å². The average molecular weight is 738 g/mol. The number of rotatable bonds is 6. The van der Waals surface area contributed by atoms with Gasteiger partial charge in [0.25, 0.3) is 0 Å². The minimum Gasteiger partial charge on any atom is -0.481 e. The highest BCUT2D eigenvalue weighted by atomic mass is 32.1. The number of nitrogens with zero attached hydrogens (tertiary/aromatic N) is 5. The van der Waals surface area contributed by atoms with Crippen molar-refractivity contribution >= 4 is 43.1 Å². The van der Waals surface area contributed by atoms with Gasteiger partial charge in [-0.3, -0.25) is 4.99 Å². The Morgan fingerprint density at radius 3 is 1.89 bits per heavy atom. The van der Waals surface area contributed by atoms with Gasteiger partial charge >= 0.3 is 0 Å². The van der Waals surface area contributed by atoms with Gasteiger partial charge < -0.3 is 4.74 Å². The van der Waals surface area contributed by atoms with Gasteiger partial charge in [-0.1, -0.05) is 152 Å². The summed E-state index contributed by atoms with van der Waals surface area (Å²) in [4.78, 5) is 25.9. The molecule has 0 amide bonds. The Morgan fingerprint density at radius 1 is 0.482 bits per heavy atom. The summed E-state index contributed by atoms with van der Waals surface area (Å²) in [5.41, 5.74) is 9.03. The number of para-hydroxylation sites is 1. The molecule has 0 fully saturated rings. The highest BCUT2D eigenvalue weighted by Crippen LogP contribution is 2.46. The summed E-state index contributed by atoms with van der Waals surface area (Å²) < 4.78 is 8.93. The molecule has 2 aliphatic rings. The monoisotopic (exact) mass is 737 g/mol. The molecule has 0 saturated heterocycles. The fourth-order valence-electron chi connectivity index (χ4n) is 7.86. The summed E-state index contributed by atoms with van der Waals surface area (Å²) >= 11 is 1.75. The highest BCUT2D eigenvalue weighted by Gasteiger charge is 2.41. The second-order valence-corrected chi connectivity index (χ2v) is 15.0. The molecule has 0 radical (unpaired) electrons. The quantitative estimate of drug-likeness (QED) is 0.170. The molecule has 0 spiro atoms. The Kier molecular flexibility index (Phi) is 7.70. The van der Waals surface area contributed by atoms with Crippen LogP contribution in [0.2, 0.25) is 0 Å². The van der Waals surface area contributed by atoms with E-state index < -0.39 is 0 Å². The van der Waals surface area contributed by atoms with Crippen molar-refractivity contribution in [3.8, 4) is 51.0 Å². The van der Waals surface area contributed by atoms with Crippen LogP contribution in [0.15, 0.2) is 186 Å². The molecule has 0 aliphatic carbocycles. The van der Waals surface area contributed by atoms with E-state index in [0.717, 1.165) is 76.1 Å². The number of fused-ring (bicyclic) bond motifs is 6. The zero-order valence-corrected chi connectivity index (χ0v) is 30.8. The van der Waals surface area contributed by atoms with Gasteiger partial charge in [0.05, 0.1) is 5.71 Å². The fourth-order valence-corrected chi connectivity index (χ4v) is 9.10. The molecule has 2 aliphatic heterocycles. The van der Waals surface area contributed by atoms with Gasteiger partial charge in [-0.15, -0.1) is 11.3 Å². The van der Waals surface area contributed by atoms with Crippen LogP contribution in [0.1, 0.15) is 22.7 Å². The van der Waals surface area contributed by atoms with Crippen molar-refractivity contribution in [2.75, 3.05) is 0 Å². The fraction of sp³-hybridized carbons (Fsp3) is 0.0408. The molecule has 11 rings (SSSR count). The first-order valence-electron chi connectivity index (χ1n) is 18.6. The molecular formula is C49H31N5OS. The number of thiophene rings is 1. The maximum atomic E-state index is 6.68. The first kappa shape index (κ1) is 32.3. The molecule has 264 valence electrons. The van der Waals surface area contributed by atoms with Crippen LogP contribution in [0, 0.1) is 0 Å². The SMILES string of the molecule is c1ccc(C2=NC3c4ccccc4OC3C(c3cccc4sc5c(-c6nc(-c7ccccc7)nc(-c7cccc(-c8ccccc8)c7)n6)cccc5c34)=N2)cc1. The second-order valence-electron chi connectivity index (χ2n) is 13.9. The molecule has 2 aromatic heterocycles. The van der Waals surface area contributed by atoms with Crippen LogP contribution in [0.5, 0.6) is 5.75 Å². The molecule has 6 nitrogen and oxygen atoms in total. The Labute approximate surface area is 327 Å². The van der Waals surface area contributed by atoms with E-state index in [0.29, 0.717) is 23.3 Å². The third kappa shape index (κ3) is 5.51. The molecule has 56 heavy (non-hydrogen) atoms. The van der Waals surface area contributed by atoms with E-state index in [9.17, 15) is 0 Å². The Morgan fingerprint density at radius 2 is 1.09 bits per heavy atom. The molecule has 2 unspecified atom stereocenters. The van der Waals surface area contributed by atoms with Crippen molar-refractivity contribution in [2.24, 2.45) is 9.98 Å². The van der Waals surface area contributed by atoms with E-state index in [2.05, 4.69) is 109 Å². The molecule has 7 aromatic carbocycles. The van der Waals surface area contributed by atoms with Gasteiger partial charge in [0.15, 0.2) is 29.4 Å². The molecule has 2 atom stereocenters. The van der Waals surface area contributed by atoms with Crippen LogP contribution in [-0.2, 0) is 0 Å². The van der Waals surface area contributed by atoms with E-state index in [4.69, 9.17) is 29.7 Å². The highest BCUT2D eigenvalue weighted by molar-refractivity contribution is 7.26. The maximum Gasteiger partial charge on any atom is 0.168 e. The molecule has 7 heteroatoms. The number of amidine groups is 1. The number of aromatic nitrogens is 3. The first-order valence-corrected chi connectivity index (χ1v) is 19.5. The first-order chi connectivity index (χ1) is 27.7. The van der Waals surface area contributed by atoms with Crippen molar-refractivity contribution in [2.45, 2.75) is 12.1 Å². The largest absolute Gasteiger partial charge is 0.481 e. The lowest BCUT2D eigenvalue weighted by Gasteiger charge is -2.24. The topological polar surface area (TPSA) is 72.6 Å². The minimum atomic E-state index is -0.352. The Hall–Kier alpha value is -7.09. The molecule has 0 saturated carbocycles. The number of benzene rings is 7. The lowest BCUT2D eigenvalue weighted by molar-refractivity contribution is 0.275. The van der Waals surface area contributed by atoms with Gasteiger partial charge in [0.1, 0.15) is 11.8 Å². The average Bonchev–Trinajstić information content (AvgIpc) is 3.86. The van der Waals surface area contributed by atoms with Gasteiger partial charge in [-0.05, 0) is 35.4 Å². The number of ether oxygens (including phenoxy) is 1. The third-order valence-corrected chi connectivity index (χ3v) is 11.7. The number of aliphatic imine (C=N–C) groups is 2. The zero-order valence-electron chi connectivity index (χ0n) is 30.0. The molecule has 4 heterocycles. The van der Waals surface area contributed by atoms with E-state index in [1.165, 1.54) is 0 Å². The van der Waals surface area contributed by atoms with Crippen molar-refractivity contribution in [1.29, 1.82) is 0 Å². The summed E-state index contributed by atoms with van der Waals surface area (Å²) in [6.45, 7) is 0. The summed E-state index contributed by atoms with van der Waals surface area (Å²) in [5, 5.41) is 2.25. The van der Waals surface area contributed by atoms with E-state index >= 15 is 0 Å².